The second-order valence-corrected chi connectivity index (χ2v) is 5.94. The monoisotopic (exact) mass is 303 g/mol. The van der Waals surface area contributed by atoms with E-state index in [4.69, 9.17) is 5.73 Å². The lowest BCUT2D eigenvalue weighted by Gasteiger charge is -2.32. The number of aryl methyl sites for hydroxylation is 1. The molecule has 0 aliphatic carbocycles. The van der Waals surface area contributed by atoms with Crippen LogP contribution < -0.4 is 11.1 Å². The van der Waals surface area contributed by atoms with E-state index in [2.05, 4.69) is 5.32 Å². The number of carbonyl (C=O) groups excluding carboxylic acids is 2. The van der Waals surface area contributed by atoms with Gasteiger partial charge in [-0.2, -0.15) is 0 Å². The molecule has 0 bridgehead atoms. The fourth-order valence-corrected chi connectivity index (χ4v) is 2.66. The minimum Gasteiger partial charge on any atom is -0.352 e. The zero-order valence-corrected chi connectivity index (χ0v) is 13.1. The lowest BCUT2D eigenvalue weighted by atomic mass is 10.0. The molecule has 1 heterocycles. The van der Waals surface area contributed by atoms with Crippen molar-refractivity contribution in [1.29, 1.82) is 0 Å². The number of amides is 2. The molecule has 1 saturated heterocycles. The first-order valence-electron chi connectivity index (χ1n) is 7.94. The summed E-state index contributed by atoms with van der Waals surface area (Å²) in [5.74, 6) is 0.0784. The second kappa shape index (κ2) is 7.94. The number of carbonyl (C=O) groups is 2. The van der Waals surface area contributed by atoms with Gasteiger partial charge in [0.05, 0.1) is 6.04 Å². The fraction of sp³-hybridized carbons (Fsp3) is 0.529. The molecule has 2 amide bonds. The molecule has 0 saturated carbocycles. The third kappa shape index (κ3) is 4.84. The SMILES string of the molecule is C[C@@H](N)C(=O)NC1CCN(C(=O)CCc2ccccc2)CC1. The Morgan fingerprint density at radius 2 is 1.91 bits per heavy atom. The average molecular weight is 303 g/mol. The van der Waals surface area contributed by atoms with Crippen LogP contribution in [0.4, 0.5) is 0 Å². The van der Waals surface area contributed by atoms with Crippen LogP contribution in [-0.2, 0) is 16.0 Å². The van der Waals surface area contributed by atoms with Gasteiger partial charge in [-0.3, -0.25) is 9.59 Å². The molecule has 5 nitrogen and oxygen atoms in total. The molecule has 2 rings (SSSR count). The molecule has 1 aromatic carbocycles. The Kier molecular flexibility index (Phi) is 5.95. The number of likely N-dealkylation sites (tertiary alicyclic amines) is 1. The van der Waals surface area contributed by atoms with Crippen molar-refractivity contribution in [2.75, 3.05) is 13.1 Å². The van der Waals surface area contributed by atoms with Crippen molar-refractivity contribution < 1.29 is 9.59 Å². The molecular weight excluding hydrogens is 278 g/mol. The Balaban J connectivity index is 1.72. The zero-order valence-electron chi connectivity index (χ0n) is 13.1. The highest BCUT2D eigenvalue weighted by atomic mass is 16.2. The van der Waals surface area contributed by atoms with Gasteiger partial charge in [0.2, 0.25) is 11.8 Å². The van der Waals surface area contributed by atoms with Crippen LogP contribution in [0, 0.1) is 0 Å². The zero-order chi connectivity index (χ0) is 15.9. The van der Waals surface area contributed by atoms with Crippen LogP contribution in [-0.4, -0.2) is 41.9 Å². The predicted molar refractivity (Wildman–Crippen MR) is 86.2 cm³/mol. The van der Waals surface area contributed by atoms with Gasteiger partial charge in [0.25, 0.3) is 0 Å². The summed E-state index contributed by atoms with van der Waals surface area (Å²) >= 11 is 0. The van der Waals surface area contributed by atoms with E-state index in [1.165, 1.54) is 5.56 Å². The summed E-state index contributed by atoms with van der Waals surface area (Å²) in [4.78, 5) is 25.7. The van der Waals surface area contributed by atoms with Crippen molar-refractivity contribution >= 4 is 11.8 Å². The minimum atomic E-state index is -0.481. The third-order valence-electron chi connectivity index (χ3n) is 4.08. The maximum atomic E-state index is 12.2. The molecule has 1 atom stereocenters. The molecule has 1 aliphatic rings. The first-order valence-corrected chi connectivity index (χ1v) is 7.94. The largest absolute Gasteiger partial charge is 0.352 e. The average Bonchev–Trinajstić information content (AvgIpc) is 2.54. The Labute approximate surface area is 131 Å². The van der Waals surface area contributed by atoms with Crippen molar-refractivity contribution in [1.82, 2.24) is 10.2 Å². The number of benzene rings is 1. The van der Waals surface area contributed by atoms with E-state index in [-0.39, 0.29) is 17.9 Å². The van der Waals surface area contributed by atoms with E-state index in [1.54, 1.807) is 6.92 Å². The van der Waals surface area contributed by atoms with E-state index < -0.39 is 6.04 Å². The number of nitrogens with two attached hydrogens (primary N) is 1. The number of nitrogens with zero attached hydrogens (tertiary/aromatic N) is 1. The maximum Gasteiger partial charge on any atom is 0.236 e. The summed E-state index contributed by atoms with van der Waals surface area (Å²) in [6.45, 7) is 3.09. The molecule has 0 unspecified atom stereocenters. The van der Waals surface area contributed by atoms with Crippen molar-refractivity contribution in [3.8, 4) is 0 Å². The first-order chi connectivity index (χ1) is 10.6. The molecule has 5 heteroatoms. The molecule has 120 valence electrons. The molecular formula is C17H25N3O2. The quantitative estimate of drug-likeness (QED) is 0.854. The van der Waals surface area contributed by atoms with Crippen LogP contribution in [0.25, 0.3) is 0 Å². The van der Waals surface area contributed by atoms with E-state index in [0.717, 1.165) is 19.3 Å². The Hall–Kier alpha value is -1.88. The number of piperidine rings is 1. The van der Waals surface area contributed by atoms with E-state index in [9.17, 15) is 9.59 Å². The van der Waals surface area contributed by atoms with Crippen molar-refractivity contribution in [3.63, 3.8) is 0 Å². The van der Waals surface area contributed by atoms with Gasteiger partial charge >= 0.3 is 0 Å². The molecule has 1 fully saturated rings. The molecule has 1 aromatic rings. The van der Waals surface area contributed by atoms with Gasteiger partial charge < -0.3 is 16.0 Å². The summed E-state index contributed by atoms with van der Waals surface area (Å²) in [5, 5.41) is 2.93. The van der Waals surface area contributed by atoms with E-state index in [0.29, 0.717) is 19.5 Å². The summed E-state index contributed by atoms with van der Waals surface area (Å²) in [6, 6.07) is 9.71. The Morgan fingerprint density at radius 3 is 2.50 bits per heavy atom. The molecule has 3 N–H and O–H groups in total. The highest BCUT2D eigenvalue weighted by molar-refractivity contribution is 5.81. The lowest BCUT2D eigenvalue weighted by Crippen LogP contribution is -2.49. The highest BCUT2D eigenvalue weighted by Gasteiger charge is 2.24. The van der Waals surface area contributed by atoms with Gasteiger partial charge in [-0.1, -0.05) is 30.3 Å². The summed E-state index contributed by atoms with van der Waals surface area (Å²) in [6.07, 6.45) is 2.92. The van der Waals surface area contributed by atoms with Crippen LogP contribution in [0.2, 0.25) is 0 Å². The van der Waals surface area contributed by atoms with Gasteiger partial charge in [-0.15, -0.1) is 0 Å². The van der Waals surface area contributed by atoms with E-state index >= 15 is 0 Å². The number of hydrogen-bond donors (Lipinski definition) is 2. The molecule has 22 heavy (non-hydrogen) atoms. The number of rotatable bonds is 5. The molecule has 1 aliphatic heterocycles. The standard InChI is InChI=1S/C17H25N3O2/c1-13(18)17(22)19-15-9-11-20(12-10-15)16(21)8-7-14-5-3-2-4-6-14/h2-6,13,15H,7-12,18H2,1H3,(H,19,22)/t13-/m1/s1. The number of nitrogens with one attached hydrogen (secondary N) is 1. The molecule has 0 spiro atoms. The molecule has 0 aromatic heterocycles. The first kappa shape index (κ1) is 16.5. The van der Waals surface area contributed by atoms with Gasteiger partial charge in [0.15, 0.2) is 0 Å². The van der Waals surface area contributed by atoms with Crippen molar-refractivity contribution in [2.24, 2.45) is 5.73 Å². The van der Waals surface area contributed by atoms with Gasteiger partial charge in [0, 0.05) is 25.6 Å². The van der Waals surface area contributed by atoms with Gasteiger partial charge in [-0.25, -0.2) is 0 Å². The number of hydrogen-bond acceptors (Lipinski definition) is 3. The smallest absolute Gasteiger partial charge is 0.236 e. The minimum absolute atomic E-state index is 0.117. The second-order valence-electron chi connectivity index (χ2n) is 5.94. The lowest BCUT2D eigenvalue weighted by molar-refractivity contribution is -0.132. The normalized spacial score (nSPS) is 17.1. The molecule has 0 radical (unpaired) electrons. The summed E-state index contributed by atoms with van der Waals surface area (Å²) in [7, 11) is 0. The summed E-state index contributed by atoms with van der Waals surface area (Å²) in [5.41, 5.74) is 6.74. The van der Waals surface area contributed by atoms with Crippen LogP contribution in [0.15, 0.2) is 30.3 Å². The topological polar surface area (TPSA) is 75.4 Å². The van der Waals surface area contributed by atoms with Gasteiger partial charge in [0.1, 0.15) is 0 Å². The fourth-order valence-electron chi connectivity index (χ4n) is 2.66. The summed E-state index contributed by atoms with van der Waals surface area (Å²) < 4.78 is 0. The predicted octanol–water partition coefficient (Wildman–Crippen LogP) is 1.07. The third-order valence-corrected chi connectivity index (χ3v) is 4.08. The maximum absolute atomic E-state index is 12.2. The van der Waals surface area contributed by atoms with Crippen molar-refractivity contribution in [2.45, 2.75) is 44.7 Å². The Bertz CT molecular complexity index is 494. The van der Waals surface area contributed by atoms with Crippen LogP contribution in [0.1, 0.15) is 31.7 Å². The van der Waals surface area contributed by atoms with Crippen LogP contribution in [0.5, 0.6) is 0 Å². The highest BCUT2D eigenvalue weighted by Crippen LogP contribution is 2.13. The van der Waals surface area contributed by atoms with Gasteiger partial charge in [-0.05, 0) is 31.7 Å². The van der Waals surface area contributed by atoms with E-state index in [1.807, 2.05) is 35.2 Å². The van der Waals surface area contributed by atoms with Crippen molar-refractivity contribution in [3.05, 3.63) is 35.9 Å². The van der Waals surface area contributed by atoms with Crippen LogP contribution >= 0.6 is 0 Å². The van der Waals surface area contributed by atoms with Crippen LogP contribution in [0.3, 0.4) is 0 Å². The Morgan fingerprint density at radius 1 is 1.27 bits per heavy atom.